The number of hydrogen-bond donors (Lipinski definition) is 1. The molecule has 3 aliphatic heterocycles. The highest BCUT2D eigenvalue weighted by Gasteiger charge is 2.46. The first-order valence-electron chi connectivity index (χ1n) is 14.1. The van der Waals surface area contributed by atoms with Gasteiger partial charge in [0.15, 0.2) is 0 Å². The fraction of sp³-hybridized carbons (Fsp3) is 0.467. The van der Waals surface area contributed by atoms with Gasteiger partial charge in [0.05, 0.1) is 34.7 Å². The van der Waals surface area contributed by atoms with Crippen LogP contribution >= 0.6 is 0 Å². The van der Waals surface area contributed by atoms with Crippen molar-refractivity contribution in [1.82, 2.24) is 24.9 Å². The highest BCUT2D eigenvalue weighted by molar-refractivity contribution is 6.25. The van der Waals surface area contributed by atoms with Crippen molar-refractivity contribution in [2.75, 3.05) is 25.0 Å². The van der Waals surface area contributed by atoms with Crippen molar-refractivity contribution < 1.29 is 24.0 Å². The number of hydrogen-bond acceptors (Lipinski definition) is 7. The second-order valence-corrected chi connectivity index (χ2v) is 11.6. The van der Waals surface area contributed by atoms with Gasteiger partial charge in [-0.25, -0.2) is 0 Å². The zero-order chi connectivity index (χ0) is 29.1. The summed E-state index contributed by atoms with van der Waals surface area (Å²) in [6.45, 7) is 3.35. The number of nitrogens with zero attached hydrogens (tertiary/aromatic N) is 5. The van der Waals surface area contributed by atoms with E-state index < -0.39 is 29.7 Å². The maximum atomic E-state index is 13.6. The van der Waals surface area contributed by atoms with Crippen molar-refractivity contribution in [2.45, 2.75) is 64.0 Å². The van der Waals surface area contributed by atoms with Crippen molar-refractivity contribution in [2.24, 2.45) is 5.41 Å². The number of amides is 5. The van der Waals surface area contributed by atoms with Crippen LogP contribution in [0.4, 0.5) is 11.4 Å². The van der Waals surface area contributed by atoms with Gasteiger partial charge in [-0.2, -0.15) is 5.10 Å². The van der Waals surface area contributed by atoms with Crippen molar-refractivity contribution >= 4 is 40.9 Å². The molecular formula is C30H32N6O5. The third-order valence-corrected chi connectivity index (χ3v) is 9.15. The fourth-order valence-electron chi connectivity index (χ4n) is 6.54. The predicted molar refractivity (Wildman–Crippen MR) is 148 cm³/mol. The highest BCUT2D eigenvalue weighted by Crippen LogP contribution is 2.43. The van der Waals surface area contributed by atoms with E-state index in [1.54, 1.807) is 36.3 Å². The van der Waals surface area contributed by atoms with E-state index in [1.165, 1.54) is 0 Å². The van der Waals surface area contributed by atoms with Crippen LogP contribution in [0.1, 0.15) is 84.3 Å². The minimum Gasteiger partial charge on any atom is -0.342 e. The van der Waals surface area contributed by atoms with E-state index in [1.807, 2.05) is 9.58 Å². The zero-order valence-electron chi connectivity index (χ0n) is 23.2. The number of fused-ring (bicyclic) bond motifs is 1. The molecule has 1 atom stereocenters. The summed E-state index contributed by atoms with van der Waals surface area (Å²) in [7, 11) is 1.75. The SMILES string of the molecule is C#Cc1c(N(C)c2cccc3c2C(=O)N(C2CCC(=O)NC2=O)C3=O)cnn1C1CCN(C(=O)C2(C)CCC2)CC1. The first kappa shape index (κ1) is 26.7. The van der Waals surface area contributed by atoms with E-state index in [-0.39, 0.29) is 41.3 Å². The Hall–Kier alpha value is -4.46. The lowest BCUT2D eigenvalue weighted by atomic mass is 9.69. The van der Waals surface area contributed by atoms with Crippen LogP contribution in [0, 0.1) is 17.8 Å². The molecule has 1 aromatic heterocycles. The number of benzene rings is 1. The van der Waals surface area contributed by atoms with Gasteiger partial charge >= 0.3 is 0 Å². The second-order valence-electron chi connectivity index (χ2n) is 11.6. The molecule has 4 heterocycles. The molecule has 212 valence electrons. The smallest absolute Gasteiger partial charge is 0.264 e. The Balaban J connectivity index is 1.24. The molecule has 3 fully saturated rings. The van der Waals surface area contributed by atoms with Crippen molar-refractivity contribution in [3.05, 3.63) is 41.2 Å². The number of carbonyl (C=O) groups is 5. The lowest BCUT2D eigenvalue weighted by Gasteiger charge is -2.43. The second kappa shape index (κ2) is 9.87. The summed E-state index contributed by atoms with van der Waals surface area (Å²) < 4.78 is 1.82. The number of terminal acetylenes is 1. The summed E-state index contributed by atoms with van der Waals surface area (Å²) in [4.78, 5) is 68.6. The fourth-order valence-corrected chi connectivity index (χ4v) is 6.54. The average Bonchev–Trinajstić information content (AvgIpc) is 3.50. The molecule has 0 spiro atoms. The van der Waals surface area contributed by atoms with Crippen LogP contribution in [0.3, 0.4) is 0 Å². The van der Waals surface area contributed by atoms with Crippen LogP contribution < -0.4 is 10.2 Å². The first-order valence-corrected chi connectivity index (χ1v) is 14.1. The van der Waals surface area contributed by atoms with Gasteiger partial charge < -0.3 is 9.80 Å². The molecule has 11 nitrogen and oxygen atoms in total. The number of nitrogens with one attached hydrogen (secondary N) is 1. The normalized spacial score (nSPS) is 22.2. The standard InChI is InChI=1S/C30H32N6O5/c1-4-20-23(17-31-36(20)18-11-15-34(16-12-18)29(41)30(2)13-6-14-30)33(3)21-8-5-7-19-25(21)28(40)35(27(19)39)22-9-10-24(37)32-26(22)38/h1,5,7-8,17-18,22H,6,9-16H2,2-3H3,(H,32,37,38). The van der Waals surface area contributed by atoms with E-state index in [9.17, 15) is 24.0 Å². The Morgan fingerprint density at radius 2 is 1.83 bits per heavy atom. The summed E-state index contributed by atoms with van der Waals surface area (Å²) in [5, 5.41) is 6.84. The number of piperidine rings is 2. The molecule has 1 aliphatic carbocycles. The summed E-state index contributed by atoms with van der Waals surface area (Å²) in [5.41, 5.74) is 1.75. The molecular weight excluding hydrogens is 524 g/mol. The van der Waals surface area contributed by atoms with Crippen LogP contribution in [0.2, 0.25) is 0 Å². The number of anilines is 2. The Morgan fingerprint density at radius 3 is 2.46 bits per heavy atom. The van der Waals surface area contributed by atoms with Crippen molar-refractivity contribution in [3.8, 4) is 12.3 Å². The molecule has 41 heavy (non-hydrogen) atoms. The van der Waals surface area contributed by atoms with Crippen LogP contribution in [0.5, 0.6) is 0 Å². The lowest BCUT2D eigenvalue weighted by molar-refractivity contribution is -0.147. The molecule has 11 heteroatoms. The molecule has 5 amide bonds. The van der Waals surface area contributed by atoms with Gasteiger partial charge in [-0.05, 0) is 50.2 Å². The molecule has 0 bridgehead atoms. The average molecular weight is 557 g/mol. The predicted octanol–water partition coefficient (Wildman–Crippen LogP) is 2.39. The van der Waals surface area contributed by atoms with Crippen LogP contribution in [-0.2, 0) is 14.4 Å². The van der Waals surface area contributed by atoms with Gasteiger partial charge in [0.2, 0.25) is 17.7 Å². The molecule has 1 unspecified atom stereocenters. The van der Waals surface area contributed by atoms with Crippen LogP contribution in [0.25, 0.3) is 0 Å². The Labute approximate surface area is 237 Å². The van der Waals surface area contributed by atoms with Gasteiger partial charge in [-0.1, -0.05) is 19.4 Å². The maximum absolute atomic E-state index is 13.6. The van der Waals surface area contributed by atoms with Gasteiger partial charge in [0.1, 0.15) is 11.7 Å². The molecule has 0 radical (unpaired) electrons. The minimum absolute atomic E-state index is 0.0224. The number of carbonyl (C=O) groups excluding carboxylic acids is 5. The number of likely N-dealkylation sites (tertiary alicyclic amines) is 1. The Bertz CT molecular complexity index is 1520. The number of aromatic nitrogens is 2. The van der Waals surface area contributed by atoms with Crippen LogP contribution in [-0.4, -0.2) is 75.3 Å². The molecule has 1 N–H and O–H groups in total. The molecule has 2 aromatic rings. The third kappa shape index (κ3) is 4.20. The number of imide groups is 2. The van der Waals surface area contributed by atoms with E-state index in [0.717, 1.165) is 37.0 Å². The van der Waals surface area contributed by atoms with Gasteiger partial charge in [-0.3, -0.25) is 38.9 Å². The van der Waals surface area contributed by atoms with E-state index >= 15 is 0 Å². The summed E-state index contributed by atoms with van der Waals surface area (Å²) >= 11 is 0. The Morgan fingerprint density at radius 1 is 1.10 bits per heavy atom. The van der Waals surface area contributed by atoms with E-state index in [2.05, 4.69) is 23.3 Å². The monoisotopic (exact) mass is 556 g/mol. The molecule has 2 saturated heterocycles. The highest BCUT2D eigenvalue weighted by atomic mass is 16.2. The number of rotatable bonds is 5. The van der Waals surface area contributed by atoms with Gasteiger partial charge in [0, 0.05) is 32.0 Å². The molecule has 1 aromatic carbocycles. The van der Waals surface area contributed by atoms with Crippen LogP contribution in [0.15, 0.2) is 24.4 Å². The van der Waals surface area contributed by atoms with Crippen molar-refractivity contribution in [3.63, 3.8) is 0 Å². The molecule has 1 saturated carbocycles. The molecule has 4 aliphatic rings. The van der Waals surface area contributed by atoms with Gasteiger partial charge in [0.25, 0.3) is 11.8 Å². The molecule has 6 rings (SSSR count). The van der Waals surface area contributed by atoms with Crippen molar-refractivity contribution in [1.29, 1.82) is 0 Å². The maximum Gasteiger partial charge on any atom is 0.264 e. The summed E-state index contributed by atoms with van der Waals surface area (Å²) in [6.07, 6.45) is 12.2. The first-order chi connectivity index (χ1) is 19.6. The third-order valence-electron chi connectivity index (χ3n) is 9.15. The minimum atomic E-state index is -1.05. The summed E-state index contributed by atoms with van der Waals surface area (Å²) in [6, 6.07) is 3.93. The Kier molecular flexibility index (Phi) is 6.44. The quantitative estimate of drug-likeness (QED) is 0.443. The lowest BCUT2D eigenvalue weighted by Crippen LogP contribution is -2.54. The van der Waals surface area contributed by atoms with Gasteiger partial charge in [-0.15, -0.1) is 6.42 Å². The topological polar surface area (TPSA) is 125 Å². The largest absolute Gasteiger partial charge is 0.342 e. The zero-order valence-corrected chi connectivity index (χ0v) is 23.2. The van der Waals surface area contributed by atoms with E-state index in [0.29, 0.717) is 30.2 Å². The summed E-state index contributed by atoms with van der Waals surface area (Å²) in [5.74, 6) is 0.758. The van der Waals surface area contributed by atoms with E-state index in [4.69, 9.17) is 6.42 Å².